The topological polar surface area (TPSA) is 38.0 Å². The van der Waals surface area contributed by atoms with Crippen LogP contribution >= 0.6 is 0 Å². The SMILES string of the molecule is Cc1cc(C#N)cc2c1ccn2-c1ccc(OCc2ccccc2)c(F)c1. The molecule has 0 N–H and O–H groups in total. The van der Waals surface area contributed by atoms with Crippen LogP contribution in [0.3, 0.4) is 0 Å². The number of nitriles is 1. The number of nitrogens with zero attached hydrogens (tertiary/aromatic N) is 2. The molecule has 3 nitrogen and oxygen atoms in total. The van der Waals surface area contributed by atoms with Gasteiger partial charge in [-0.2, -0.15) is 5.26 Å². The molecule has 0 aliphatic heterocycles. The van der Waals surface area contributed by atoms with E-state index >= 15 is 0 Å². The lowest BCUT2D eigenvalue weighted by Crippen LogP contribution is -1.99. The fourth-order valence-corrected chi connectivity index (χ4v) is 3.21. The Hall–Kier alpha value is -3.58. The van der Waals surface area contributed by atoms with E-state index < -0.39 is 5.82 Å². The molecule has 1 aromatic heterocycles. The first kappa shape index (κ1) is 16.9. The average Bonchev–Trinajstić information content (AvgIpc) is 3.12. The highest BCUT2D eigenvalue weighted by atomic mass is 19.1. The molecule has 0 saturated heterocycles. The van der Waals surface area contributed by atoms with E-state index in [2.05, 4.69) is 6.07 Å². The van der Waals surface area contributed by atoms with Crippen LogP contribution in [0.15, 0.2) is 72.9 Å². The number of hydrogen-bond donors (Lipinski definition) is 0. The van der Waals surface area contributed by atoms with Gasteiger partial charge in [0.1, 0.15) is 6.61 Å². The second-order valence-electron chi connectivity index (χ2n) is 6.41. The van der Waals surface area contributed by atoms with Crippen LogP contribution in [0.1, 0.15) is 16.7 Å². The zero-order chi connectivity index (χ0) is 18.8. The molecule has 0 unspecified atom stereocenters. The van der Waals surface area contributed by atoms with Gasteiger partial charge in [0.25, 0.3) is 0 Å². The Bertz CT molecular complexity index is 1160. The molecule has 3 aromatic carbocycles. The highest BCUT2D eigenvalue weighted by Gasteiger charge is 2.11. The second-order valence-corrected chi connectivity index (χ2v) is 6.41. The molecule has 0 bridgehead atoms. The summed E-state index contributed by atoms with van der Waals surface area (Å²) in [5.41, 5.74) is 4.15. The van der Waals surface area contributed by atoms with Crippen molar-refractivity contribution in [2.24, 2.45) is 0 Å². The van der Waals surface area contributed by atoms with Crippen LogP contribution < -0.4 is 4.74 Å². The van der Waals surface area contributed by atoms with E-state index in [1.54, 1.807) is 6.07 Å². The molecule has 0 aliphatic rings. The Morgan fingerprint density at radius 1 is 1.04 bits per heavy atom. The predicted octanol–water partition coefficient (Wildman–Crippen LogP) is 5.53. The van der Waals surface area contributed by atoms with Crippen molar-refractivity contribution in [3.63, 3.8) is 0 Å². The van der Waals surface area contributed by atoms with E-state index in [4.69, 9.17) is 4.74 Å². The fraction of sp³-hybridized carbons (Fsp3) is 0.0870. The number of ether oxygens (including phenoxy) is 1. The van der Waals surface area contributed by atoms with Crippen molar-refractivity contribution < 1.29 is 9.13 Å². The summed E-state index contributed by atoms with van der Waals surface area (Å²) in [5, 5.41) is 10.3. The van der Waals surface area contributed by atoms with Crippen LogP contribution in [0, 0.1) is 24.1 Å². The summed E-state index contributed by atoms with van der Waals surface area (Å²) in [6.07, 6.45) is 1.89. The van der Waals surface area contributed by atoms with Gasteiger partial charge in [-0.25, -0.2) is 4.39 Å². The van der Waals surface area contributed by atoms with Crippen molar-refractivity contribution in [1.82, 2.24) is 4.57 Å². The molecule has 0 fully saturated rings. The van der Waals surface area contributed by atoms with Crippen molar-refractivity contribution in [3.8, 4) is 17.5 Å². The van der Waals surface area contributed by atoms with E-state index in [9.17, 15) is 9.65 Å². The largest absolute Gasteiger partial charge is 0.486 e. The van der Waals surface area contributed by atoms with Gasteiger partial charge in [0.15, 0.2) is 11.6 Å². The molecule has 4 aromatic rings. The summed E-state index contributed by atoms with van der Waals surface area (Å²) < 4.78 is 22.1. The van der Waals surface area contributed by atoms with Gasteiger partial charge in [0.05, 0.1) is 17.1 Å². The van der Waals surface area contributed by atoms with Crippen LogP contribution in [0.25, 0.3) is 16.6 Å². The minimum atomic E-state index is -0.418. The lowest BCUT2D eigenvalue weighted by atomic mass is 10.1. The first-order chi connectivity index (χ1) is 13.2. The van der Waals surface area contributed by atoms with Gasteiger partial charge in [0.2, 0.25) is 0 Å². The molecule has 0 spiro atoms. The monoisotopic (exact) mass is 356 g/mol. The van der Waals surface area contributed by atoms with Gasteiger partial charge < -0.3 is 9.30 Å². The second kappa shape index (κ2) is 6.97. The minimum Gasteiger partial charge on any atom is -0.486 e. The molecule has 0 amide bonds. The normalized spacial score (nSPS) is 10.7. The third-order valence-electron chi connectivity index (χ3n) is 4.57. The van der Waals surface area contributed by atoms with Crippen molar-refractivity contribution in [3.05, 3.63) is 95.4 Å². The van der Waals surface area contributed by atoms with Crippen LogP contribution in [0.5, 0.6) is 5.75 Å². The van der Waals surface area contributed by atoms with Crippen LogP contribution in [0.4, 0.5) is 4.39 Å². The van der Waals surface area contributed by atoms with Crippen LogP contribution in [0.2, 0.25) is 0 Å². The Balaban J connectivity index is 1.66. The lowest BCUT2D eigenvalue weighted by Gasteiger charge is -2.11. The number of fused-ring (bicyclic) bond motifs is 1. The van der Waals surface area contributed by atoms with Gasteiger partial charge in [-0.1, -0.05) is 30.3 Å². The molecular weight excluding hydrogens is 339 g/mol. The maximum absolute atomic E-state index is 14.6. The quantitative estimate of drug-likeness (QED) is 0.482. The molecule has 27 heavy (non-hydrogen) atoms. The highest BCUT2D eigenvalue weighted by Crippen LogP contribution is 2.27. The lowest BCUT2D eigenvalue weighted by molar-refractivity contribution is 0.290. The molecule has 4 heteroatoms. The van der Waals surface area contributed by atoms with Gasteiger partial charge in [-0.15, -0.1) is 0 Å². The Kier molecular flexibility index (Phi) is 4.35. The van der Waals surface area contributed by atoms with Crippen molar-refractivity contribution in [2.45, 2.75) is 13.5 Å². The van der Waals surface area contributed by atoms with E-state index in [1.807, 2.05) is 72.3 Å². The standard InChI is InChI=1S/C23H17FN2O/c1-16-11-18(14-25)12-22-20(16)9-10-26(22)19-7-8-23(21(24)13-19)27-15-17-5-3-2-4-6-17/h2-13H,15H2,1H3. The number of aryl methyl sites for hydroxylation is 1. The average molecular weight is 356 g/mol. The molecule has 4 rings (SSSR count). The first-order valence-electron chi connectivity index (χ1n) is 8.64. The Labute approximate surface area is 156 Å². The summed E-state index contributed by atoms with van der Waals surface area (Å²) >= 11 is 0. The maximum Gasteiger partial charge on any atom is 0.167 e. The van der Waals surface area contributed by atoms with E-state index in [-0.39, 0.29) is 5.75 Å². The van der Waals surface area contributed by atoms with Crippen LogP contribution in [-0.4, -0.2) is 4.57 Å². The van der Waals surface area contributed by atoms with E-state index in [1.165, 1.54) is 6.07 Å². The predicted molar refractivity (Wildman–Crippen MR) is 103 cm³/mol. The van der Waals surface area contributed by atoms with Crippen molar-refractivity contribution in [1.29, 1.82) is 5.26 Å². The van der Waals surface area contributed by atoms with Crippen LogP contribution in [-0.2, 0) is 6.61 Å². The zero-order valence-corrected chi connectivity index (χ0v) is 14.8. The molecule has 0 aliphatic carbocycles. The summed E-state index contributed by atoms with van der Waals surface area (Å²) in [6.45, 7) is 2.28. The minimum absolute atomic E-state index is 0.216. The molecule has 0 radical (unpaired) electrons. The number of aromatic nitrogens is 1. The summed E-state index contributed by atoms with van der Waals surface area (Å²) in [6, 6.07) is 22.4. The van der Waals surface area contributed by atoms with E-state index in [0.717, 1.165) is 22.0 Å². The first-order valence-corrected chi connectivity index (χ1v) is 8.64. The summed E-state index contributed by atoms with van der Waals surface area (Å²) in [5.74, 6) is -0.202. The molecule has 132 valence electrons. The number of hydrogen-bond acceptors (Lipinski definition) is 2. The van der Waals surface area contributed by atoms with Gasteiger partial charge in [0, 0.05) is 23.3 Å². The van der Waals surface area contributed by atoms with Gasteiger partial charge in [-0.05, 0) is 48.4 Å². The molecule has 0 saturated carbocycles. The zero-order valence-electron chi connectivity index (χ0n) is 14.8. The van der Waals surface area contributed by atoms with Crippen molar-refractivity contribution >= 4 is 10.9 Å². The third-order valence-corrected chi connectivity index (χ3v) is 4.57. The number of rotatable bonds is 4. The number of benzene rings is 3. The van der Waals surface area contributed by atoms with E-state index in [0.29, 0.717) is 17.9 Å². The smallest absolute Gasteiger partial charge is 0.167 e. The Morgan fingerprint density at radius 3 is 2.59 bits per heavy atom. The third kappa shape index (κ3) is 3.28. The summed E-state index contributed by atoms with van der Waals surface area (Å²) in [7, 11) is 0. The maximum atomic E-state index is 14.6. The Morgan fingerprint density at radius 2 is 1.85 bits per heavy atom. The van der Waals surface area contributed by atoms with Gasteiger partial charge in [-0.3, -0.25) is 0 Å². The molecular formula is C23H17FN2O. The molecule has 1 heterocycles. The van der Waals surface area contributed by atoms with Crippen molar-refractivity contribution in [2.75, 3.05) is 0 Å². The molecule has 0 atom stereocenters. The number of halogens is 1. The summed E-state index contributed by atoms with van der Waals surface area (Å²) in [4.78, 5) is 0. The highest BCUT2D eigenvalue weighted by molar-refractivity contribution is 5.86. The van der Waals surface area contributed by atoms with Gasteiger partial charge >= 0.3 is 0 Å². The fourth-order valence-electron chi connectivity index (χ4n) is 3.21.